The number of likely N-dealkylation sites (tertiary alicyclic amines) is 1. The summed E-state index contributed by atoms with van der Waals surface area (Å²) in [5, 5.41) is 6.43. The lowest BCUT2D eigenvalue weighted by Gasteiger charge is -2.32. The fraction of sp³-hybridized carbons (Fsp3) is 0.696. The molecule has 0 bridgehead atoms. The fourth-order valence-electron chi connectivity index (χ4n) is 4.48. The normalized spacial score (nSPS) is 22.3. The number of carbonyl (C=O) groups excluding carboxylic acids is 1. The van der Waals surface area contributed by atoms with Gasteiger partial charge < -0.3 is 15.4 Å². The van der Waals surface area contributed by atoms with Gasteiger partial charge in [-0.25, -0.2) is 0 Å². The van der Waals surface area contributed by atoms with Gasteiger partial charge in [0, 0.05) is 19.6 Å². The van der Waals surface area contributed by atoms with Gasteiger partial charge in [-0.1, -0.05) is 19.9 Å². The number of amides is 1. The van der Waals surface area contributed by atoms with E-state index in [-0.39, 0.29) is 24.4 Å². The van der Waals surface area contributed by atoms with Crippen molar-refractivity contribution >= 4 is 18.3 Å². The molecule has 0 spiro atoms. The maximum atomic E-state index is 12.2. The monoisotopic (exact) mass is 423 g/mol. The molecule has 2 aliphatic heterocycles. The molecule has 2 fully saturated rings. The molecule has 1 amide bonds. The molecular formula is C23H38ClN3O2. The summed E-state index contributed by atoms with van der Waals surface area (Å²) in [4.78, 5) is 14.7. The van der Waals surface area contributed by atoms with Crippen LogP contribution in [0.2, 0.25) is 0 Å². The van der Waals surface area contributed by atoms with Gasteiger partial charge in [0.1, 0.15) is 12.4 Å². The Hall–Kier alpha value is -1.30. The molecule has 2 saturated heterocycles. The molecule has 0 aromatic heterocycles. The Balaban J connectivity index is 0.00000300. The summed E-state index contributed by atoms with van der Waals surface area (Å²) in [5.74, 6) is 2.24. The molecule has 5 nitrogen and oxygen atoms in total. The van der Waals surface area contributed by atoms with Crippen LogP contribution in [-0.4, -0.2) is 56.2 Å². The van der Waals surface area contributed by atoms with Crippen LogP contribution < -0.4 is 15.4 Å². The zero-order valence-corrected chi connectivity index (χ0v) is 19.0. The van der Waals surface area contributed by atoms with Crippen molar-refractivity contribution in [3.05, 3.63) is 29.3 Å². The molecule has 2 unspecified atom stereocenters. The quantitative estimate of drug-likeness (QED) is 0.671. The van der Waals surface area contributed by atoms with Crippen molar-refractivity contribution in [2.75, 3.05) is 39.3 Å². The van der Waals surface area contributed by atoms with Gasteiger partial charge in [0.25, 0.3) is 0 Å². The van der Waals surface area contributed by atoms with Crippen LogP contribution in [0.3, 0.4) is 0 Å². The lowest BCUT2D eigenvalue weighted by Crippen LogP contribution is -2.46. The maximum absolute atomic E-state index is 12.2. The first-order valence-electron chi connectivity index (χ1n) is 11.0. The third-order valence-electron chi connectivity index (χ3n) is 6.08. The molecule has 0 saturated carbocycles. The van der Waals surface area contributed by atoms with E-state index < -0.39 is 0 Å². The minimum atomic E-state index is 0. The van der Waals surface area contributed by atoms with Gasteiger partial charge in [0.2, 0.25) is 5.91 Å². The highest BCUT2D eigenvalue weighted by molar-refractivity contribution is 5.85. The van der Waals surface area contributed by atoms with Crippen molar-refractivity contribution in [3.63, 3.8) is 0 Å². The smallest absolute Gasteiger partial charge is 0.237 e. The van der Waals surface area contributed by atoms with Gasteiger partial charge in [-0.3, -0.25) is 9.69 Å². The second-order valence-electron chi connectivity index (χ2n) is 8.72. The van der Waals surface area contributed by atoms with Crippen LogP contribution >= 0.6 is 12.4 Å². The number of nitrogens with zero attached hydrogens (tertiary/aromatic N) is 1. The second kappa shape index (κ2) is 11.8. The first-order valence-corrected chi connectivity index (χ1v) is 11.0. The minimum absolute atomic E-state index is 0. The molecule has 2 N–H and O–H groups in total. The number of hydrogen-bond donors (Lipinski definition) is 2. The van der Waals surface area contributed by atoms with Crippen molar-refractivity contribution in [3.8, 4) is 5.75 Å². The highest BCUT2D eigenvalue weighted by Crippen LogP contribution is 2.23. The van der Waals surface area contributed by atoms with Crippen LogP contribution in [0.15, 0.2) is 18.2 Å². The average molecular weight is 424 g/mol. The fourth-order valence-corrected chi connectivity index (χ4v) is 4.48. The first-order chi connectivity index (χ1) is 13.5. The number of carbonyl (C=O) groups is 1. The Kier molecular flexibility index (Phi) is 9.73. The van der Waals surface area contributed by atoms with Crippen LogP contribution in [0.5, 0.6) is 5.75 Å². The van der Waals surface area contributed by atoms with Crippen LogP contribution in [0.1, 0.15) is 56.6 Å². The topological polar surface area (TPSA) is 53.6 Å². The van der Waals surface area contributed by atoms with Gasteiger partial charge in [-0.2, -0.15) is 0 Å². The second-order valence-corrected chi connectivity index (χ2v) is 8.72. The molecule has 164 valence electrons. The average Bonchev–Trinajstić information content (AvgIpc) is 3.21. The van der Waals surface area contributed by atoms with Crippen molar-refractivity contribution < 1.29 is 9.53 Å². The predicted octanol–water partition coefficient (Wildman–Crippen LogP) is 3.50. The van der Waals surface area contributed by atoms with Gasteiger partial charge in [0.05, 0.1) is 6.04 Å². The molecule has 6 heteroatoms. The van der Waals surface area contributed by atoms with Gasteiger partial charge in [-0.15, -0.1) is 12.4 Å². The van der Waals surface area contributed by atoms with Gasteiger partial charge in [0.15, 0.2) is 0 Å². The Morgan fingerprint density at radius 3 is 2.83 bits per heavy atom. The molecule has 1 aromatic rings. The molecule has 0 radical (unpaired) electrons. The van der Waals surface area contributed by atoms with E-state index in [0.717, 1.165) is 51.3 Å². The Bertz CT molecular complexity index is 647. The first kappa shape index (κ1) is 24.0. The number of aryl methyl sites for hydroxylation is 1. The number of nitrogens with one attached hydrogen (secondary N) is 2. The summed E-state index contributed by atoms with van der Waals surface area (Å²) in [7, 11) is 0. The van der Waals surface area contributed by atoms with E-state index in [2.05, 4.69) is 54.5 Å². The Morgan fingerprint density at radius 2 is 2.14 bits per heavy atom. The molecule has 1 aromatic carbocycles. The summed E-state index contributed by atoms with van der Waals surface area (Å²) in [6, 6.07) is 6.46. The van der Waals surface area contributed by atoms with E-state index in [1.807, 2.05) is 0 Å². The summed E-state index contributed by atoms with van der Waals surface area (Å²) < 4.78 is 6.01. The van der Waals surface area contributed by atoms with Crippen LogP contribution in [-0.2, 0) is 4.79 Å². The summed E-state index contributed by atoms with van der Waals surface area (Å²) in [6.07, 6.45) is 4.47. The highest BCUT2D eigenvalue weighted by Gasteiger charge is 2.24. The van der Waals surface area contributed by atoms with Gasteiger partial charge >= 0.3 is 0 Å². The maximum Gasteiger partial charge on any atom is 0.237 e. The van der Waals surface area contributed by atoms with Crippen molar-refractivity contribution in [1.29, 1.82) is 0 Å². The largest absolute Gasteiger partial charge is 0.492 e. The van der Waals surface area contributed by atoms with Crippen molar-refractivity contribution in [2.45, 2.75) is 58.4 Å². The number of rotatable bonds is 8. The van der Waals surface area contributed by atoms with E-state index in [0.29, 0.717) is 18.4 Å². The highest BCUT2D eigenvalue weighted by atomic mass is 35.5. The number of benzene rings is 1. The third kappa shape index (κ3) is 7.16. The van der Waals surface area contributed by atoms with Crippen molar-refractivity contribution in [2.24, 2.45) is 5.92 Å². The lowest BCUT2D eigenvalue weighted by molar-refractivity contribution is -0.123. The minimum Gasteiger partial charge on any atom is -0.492 e. The summed E-state index contributed by atoms with van der Waals surface area (Å²) in [5.41, 5.74) is 2.69. The number of halogens is 1. The lowest BCUT2D eigenvalue weighted by atomic mass is 9.98. The van der Waals surface area contributed by atoms with E-state index >= 15 is 0 Å². The molecule has 29 heavy (non-hydrogen) atoms. The Labute approximate surface area is 182 Å². The molecular weight excluding hydrogens is 386 g/mol. The predicted molar refractivity (Wildman–Crippen MR) is 121 cm³/mol. The molecule has 2 aliphatic rings. The summed E-state index contributed by atoms with van der Waals surface area (Å²) in [6.45, 7) is 12.2. The van der Waals surface area contributed by atoms with Crippen LogP contribution in [0.4, 0.5) is 0 Å². The third-order valence-corrected chi connectivity index (χ3v) is 6.08. The van der Waals surface area contributed by atoms with Crippen LogP contribution in [0.25, 0.3) is 0 Å². The standard InChI is InChI=1S/C23H37N3O2.ClH/c1-17(2)21-9-8-20(14-18(21)3)28-13-12-26-11-5-6-19(16-26)15-25-23(27)22-7-4-10-24-22;/h8-9,14,17,19,22,24H,4-7,10-13,15-16H2,1-3H3,(H,25,27);1H. The van der Waals surface area contributed by atoms with E-state index in [1.165, 1.54) is 24.0 Å². The number of ether oxygens (including phenoxy) is 1. The van der Waals surface area contributed by atoms with Crippen LogP contribution in [0, 0.1) is 12.8 Å². The number of piperidine rings is 1. The summed E-state index contributed by atoms with van der Waals surface area (Å²) >= 11 is 0. The van der Waals surface area contributed by atoms with Crippen molar-refractivity contribution in [1.82, 2.24) is 15.5 Å². The van der Waals surface area contributed by atoms with Gasteiger partial charge in [-0.05, 0) is 80.8 Å². The van der Waals surface area contributed by atoms with E-state index in [9.17, 15) is 4.79 Å². The number of hydrogen-bond acceptors (Lipinski definition) is 4. The Morgan fingerprint density at radius 1 is 1.31 bits per heavy atom. The van der Waals surface area contributed by atoms with E-state index in [1.54, 1.807) is 0 Å². The molecule has 2 atom stereocenters. The molecule has 2 heterocycles. The SMILES string of the molecule is Cc1cc(OCCN2CCCC(CNC(=O)C3CCCN3)C2)ccc1C(C)C.Cl. The molecule has 3 rings (SSSR count). The molecule has 0 aliphatic carbocycles. The van der Waals surface area contributed by atoms with E-state index in [4.69, 9.17) is 4.74 Å². The zero-order valence-electron chi connectivity index (χ0n) is 18.2. The zero-order chi connectivity index (χ0) is 19.9.